The van der Waals surface area contributed by atoms with Crippen molar-refractivity contribution in [2.75, 3.05) is 6.61 Å². The molecule has 0 aromatic heterocycles. The van der Waals surface area contributed by atoms with Crippen LogP contribution in [0.1, 0.15) is 17.3 Å². The van der Waals surface area contributed by atoms with E-state index in [4.69, 9.17) is 10.6 Å². The number of nitrogens with zero attached hydrogens (tertiary/aromatic N) is 1. The Balaban J connectivity index is 3.11. The maximum atomic E-state index is 11.3. The van der Waals surface area contributed by atoms with E-state index in [9.17, 15) is 14.9 Å². The summed E-state index contributed by atoms with van der Waals surface area (Å²) in [6.07, 6.45) is 0. The lowest BCUT2D eigenvalue weighted by Crippen LogP contribution is -2.08. The molecule has 1 aromatic rings. The topological polar surface area (TPSA) is 105 Å². The van der Waals surface area contributed by atoms with Gasteiger partial charge in [0.05, 0.1) is 17.1 Å². The summed E-state index contributed by atoms with van der Waals surface area (Å²) in [5.41, 5.74) is -0.303. The number of nitrogens with two attached hydrogens (primary N) is 1. The molecule has 0 spiro atoms. The van der Waals surface area contributed by atoms with Crippen LogP contribution in [0.2, 0.25) is 0 Å². The molecule has 0 heterocycles. The van der Waals surface area contributed by atoms with E-state index >= 15 is 0 Å². The molecule has 0 aliphatic carbocycles. The van der Waals surface area contributed by atoms with E-state index in [2.05, 4.69) is 4.84 Å². The predicted molar refractivity (Wildman–Crippen MR) is 53.9 cm³/mol. The fourth-order valence-electron chi connectivity index (χ4n) is 1.10. The Morgan fingerprint density at radius 3 is 2.75 bits per heavy atom. The van der Waals surface area contributed by atoms with Gasteiger partial charge in [-0.25, -0.2) is 4.79 Å². The highest BCUT2D eigenvalue weighted by Crippen LogP contribution is 2.27. The Labute approximate surface area is 90.9 Å². The number of hydrogen-bond donors (Lipinski definition) is 1. The summed E-state index contributed by atoms with van der Waals surface area (Å²) in [4.78, 5) is 25.6. The summed E-state index contributed by atoms with van der Waals surface area (Å²) in [5, 5.41) is 10.6. The minimum Gasteiger partial charge on any atom is -0.462 e. The Morgan fingerprint density at radius 2 is 2.25 bits per heavy atom. The van der Waals surface area contributed by atoms with Crippen molar-refractivity contribution in [2.45, 2.75) is 6.92 Å². The third-order valence-corrected chi connectivity index (χ3v) is 1.79. The van der Waals surface area contributed by atoms with Crippen molar-refractivity contribution < 1.29 is 19.3 Å². The average Bonchev–Trinajstić information content (AvgIpc) is 2.28. The van der Waals surface area contributed by atoms with Crippen molar-refractivity contribution in [2.24, 2.45) is 5.90 Å². The number of hydrogen-bond acceptors (Lipinski definition) is 6. The van der Waals surface area contributed by atoms with Crippen molar-refractivity contribution in [3.63, 3.8) is 0 Å². The minimum atomic E-state index is -0.690. The summed E-state index contributed by atoms with van der Waals surface area (Å²) >= 11 is 0. The molecule has 16 heavy (non-hydrogen) atoms. The second-order valence-corrected chi connectivity index (χ2v) is 2.78. The van der Waals surface area contributed by atoms with Gasteiger partial charge in [0, 0.05) is 6.07 Å². The molecule has 0 radical (unpaired) electrons. The molecule has 0 bridgehead atoms. The smallest absolute Gasteiger partial charge is 0.338 e. The first-order chi connectivity index (χ1) is 7.60. The first-order valence-electron chi connectivity index (χ1n) is 4.42. The van der Waals surface area contributed by atoms with Gasteiger partial charge in [0.15, 0.2) is 0 Å². The van der Waals surface area contributed by atoms with Crippen LogP contribution in [0.5, 0.6) is 5.75 Å². The lowest BCUT2D eigenvalue weighted by atomic mass is 10.2. The minimum absolute atomic E-state index is 0.0781. The third kappa shape index (κ3) is 2.45. The maximum absolute atomic E-state index is 11.3. The van der Waals surface area contributed by atoms with Gasteiger partial charge >= 0.3 is 11.7 Å². The molecular weight excluding hydrogens is 216 g/mol. The predicted octanol–water partition coefficient (Wildman–Crippen LogP) is 1.02. The van der Waals surface area contributed by atoms with Gasteiger partial charge in [0.25, 0.3) is 0 Å². The van der Waals surface area contributed by atoms with Crippen LogP contribution in [0.15, 0.2) is 18.2 Å². The second kappa shape index (κ2) is 5.08. The summed E-state index contributed by atoms with van der Waals surface area (Å²) in [7, 11) is 0. The quantitative estimate of drug-likeness (QED) is 0.467. The summed E-state index contributed by atoms with van der Waals surface area (Å²) < 4.78 is 4.70. The molecule has 0 unspecified atom stereocenters. The zero-order valence-electron chi connectivity index (χ0n) is 8.50. The zero-order valence-corrected chi connectivity index (χ0v) is 8.50. The molecule has 0 aliphatic heterocycles. The molecule has 7 nitrogen and oxygen atoms in total. The molecule has 0 saturated carbocycles. The van der Waals surface area contributed by atoms with Gasteiger partial charge < -0.3 is 9.57 Å². The maximum Gasteiger partial charge on any atom is 0.338 e. The van der Waals surface area contributed by atoms with Gasteiger partial charge in [-0.3, -0.25) is 10.1 Å². The fourth-order valence-corrected chi connectivity index (χ4v) is 1.10. The van der Waals surface area contributed by atoms with Gasteiger partial charge in [-0.15, -0.1) is 0 Å². The van der Waals surface area contributed by atoms with E-state index < -0.39 is 10.9 Å². The highest BCUT2D eigenvalue weighted by molar-refractivity contribution is 5.90. The third-order valence-electron chi connectivity index (χ3n) is 1.79. The van der Waals surface area contributed by atoms with Crippen LogP contribution in [-0.4, -0.2) is 17.5 Å². The molecule has 0 aliphatic rings. The van der Waals surface area contributed by atoms with Crippen molar-refractivity contribution in [1.82, 2.24) is 0 Å². The van der Waals surface area contributed by atoms with Crippen LogP contribution >= 0.6 is 0 Å². The normalized spacial score (nSPS) is 9.62. The Hall–Kier alpha value is -2.15. The first-order valence-corrected chi connectivity index (χ1v) is 4.42. The van der Waals surface area contributed by atoms with Crippen molar-refractivity contribution in [3.8, 4) is 5.75 Å². The molecule has 86 valence electrons. The van der Waals surface area contributed by atoms with Gasteiger partial charge in [-0.05, 0) is 19.1 Å². The number of rotatable bonds is 4. The van der Waals surface area contributed by atoms with Gasteiger partial charge in [0.1, 0.15) is 0 Å². The number of ether oxygens (including phenoxy) is 1. The Bertz CT molecular complexity index is 418. The second-order valence-electron chi connectivity index (χ2n) is 2.78. The molecule has 0 amide bonds. The largest absolute Gasteiger partial charge is 0.462 e. The van der Waals surface area contributed by atoms with Crippen molar-refractivity contribution >= 4 is 11.7 Å². The van der Waals surface area contributed by atoms with Crippen LogP contribution in [0.3, 0.4) is 0 Å². The highest BCUT2D eigenvalue weighted by Gasteiger charge is 2.18. The number of benzene rings is 1. The van der Waals surface area contributed by atoms with Gasteiger partial charge in [0.2, 0.25) is 5.75 Å². The number of carbonyl (C=O) groups is 1. The lowest BCUT2D eigenvalue weighted by molar-refractivity contribution is -0.385. The molecule has 1 rings (SSSR count). The number of esters is 1. The van der Waals surface area contributed by atoms with E-state index in [0.29, 0.717) is 0 Å². The van der Waals surface area contributed by atoms with Crippen LogP contribution < -0.4 is 10.7 Å². The van der Waals surface area contributed by atoms with E-state index in [1.165, 1.54) is 12.1 Å². The van der Waals surface area contributed by atoms with Crippen LogP contribution in [0, 0.1) is 10.1 Å². The average molecular weight is 226 g/mol. The molecular formula is C9H10N2O5. The molecule has 1 aromatic carbocycles. The molecule has 2 N–H and O–H groups in total. The number of carbonyl (C=O) groups excluding carboxylic acids is 1. The summed E-state index contributed by atoms with van der Waals surface area (Å²) in [6.45, 7) is 1.84. The highest BCUT2D eigenvalue weighted by atomic mass is 16.6. The lowest BCUT2D eigenvalue weighted by Gasteiger charge is -2.03. The summed E-state index contributed by atoms with van der Waals surface area (Å²) in [6, 6.07) is 3.64. The monoisotopic (exact) mass is 226 g/mol. The molecule has 0 saturated heterocycles. The van der Waals surface area contributed by atoms with E-state index in [1.807, 2.05) is 0 Å². The van der Waals surface area contributed by atoms with E-state index in [1.54, 1.807) is 6.92 Å². The van der Waals surface area contributed by atoms with E-state index in [0.717, 1.165) is 6.07 Å². The van der Waals surface area contributed by atoms with Crippen molar-refractivity contribution in [3.05, 3.63) is 33.9 Å². The summed E-state index contributed by atoms with van der Waals surface area (Å²) in [5.74, 6) is 4.11. The molecule has 0 fully saturated rings. The first kappa shape index (κ1) is 11.9. The standard InChI is InChI=1S/C9H10N2O5/c1-2-15-9(12)6-3-4-8(16-10)7(5-6)11(13)14/h3-5H,2,10H2,1H3. The van der Waals surface area contributed by atoms with Crippen LogP contribution in [0.25, 0.3) is 0 Å². The zero-order chi connectivity index (χ0) is 12.1. The molecule has 0 atom stereocenters. The van der Waals surface area contributed by atoms with Crippen LogP contribution in [-0.2, 0) is 4.74 Å². The molecule has 7 heteroatoms. The Kier molecular flexibility index (Phi) is 3.78. The number of nitro groups is 1. The van der Waals surface area contributed by atoms with Gasteiger partial charge in [-0.2, -0.15) is 5.90 Å². The van der Waals surface area contributed by atoms with Crippen LogP contribution in [0.4, 0.5) is 5.69 Å². The fraction of sp³-hybridized carbons (Fsp3) is 0.222. The SMILES string of the molecule is CCOC(=O)c1ccc(ON)c([N+](=O)[O-])c1. The van der Waals surface area contributed by atoms with Gasteiger partial charge in [-0.1, -0.05) is 0 Å². The number of nitro benzene ring substituents is 1. The Morgan fingerprint density at radius 1 is 1.56 bits per heavy atom. The van der Waals surface area contributed by atoms with Crippen molar-refractivity contribution in [1.29, 1.82) is 0 Å². The van der Waals surface area contributed by atoms with E-state index in [-0.39, 0.29) is 23.6 Å².